The molecule has 7 nitrogen and oxygen atoms in total. The van der Waals surface area contributed by atoms with E-state index in [1.165, 1.54) is 5.56 Å². The first-order valence-electron chi connectivity index (χ1n) is 11.9. The number of rotatable bonds is 7. The molecule has 0 saturated carbocycles. The van der Waals surface area contributed by atoms with E-state index in [1.54, 1.807) is 12.1 Å². The van der Waals surface area contributed by atoms with Crippen LogP contribution in [0.15, 0.2) is 77.3 Å². The summed E-state index contributed by atoms with van der Waals surface area (Å²) >= 11 is 0. The highest BCUT2D eigenvalue weighted by Gasteiger charge is 2.22. The van der Waals surface area contributed by atoms with Gasteiger partial charge in [0.05, 0.1) is 5.39 Å². The monoisotopic (exact) mass is 468 g/mol. The number of benzene rings is 3. The Morgan fingerprint density at radius 2 is 1.74 bits per heavy atom. The average Bonchev–Trinajstić information content (AvgIpc) is 3.32. The molecule has 0 aliphatic carbocycles. The van der Waals surface area contributed by atoms with Crippen LogP contribution < -0.4 is 11.1 Å². The number of hydrogen-bond acceptors (Lipinski definition) is 5. The Morgan fingerprint density at radius 1 is 1.00 bits per heavy atom. The highest BCUT2D eigenvalue weighted by molar-refractivity contribution is 6.07. The Morgan fingerprint density at radius 3 is 2.46 bits per heavy atom. The Hall–Kier alpha value is -3.97. The van der Waals surface area contributed by atoms with Gasteiger partial charge in [0.1, 0.15) is 5.52 Å². The van der Waals surface area contributed by atoms with Crippen LogP contribution in [-0.2, 0) is 11.2 Å². The van der Waals surface area contributed by atoms with Crippen LogP contribution in [0.2, 0.25) is 0 Å². The van der Waals surface area contributed by atoms with Crippen molar-refractivity contribution in [2.24, 2.45) is 11.7 Å². The maximum atomic E-state index is 12.9. The van der Waals surface area contributed by atoms with Gasteiger partial charge in [-0.3, -0.25) is 9.59 Å². The van der Waals surface area contributed by atoms with Gasteiger partial charge in [0, 0.05) is 29.3 Å². The van der Waals surface area contributed by atoms with Gasteiger partial charge in [-0.05, 0) is 68.2 Å². The average molecular weight is 469 g/mol. The standard InChI is InChI=1S/C28H28N4O3/c29-27(33)21-13-16-32(17-14-21)15-12-19-6-9-23(10-7-19)30-28(34)22-8-11-25-24(18-22)26(35-31-25)20-4-2-1-3-5-20/h1-11,18,21H,12-17H2,(H2,29,33)(H,30,34). The van der Waals surface area contributed by atoms with E-state index in [0.717, 1.165) is 55.5 Å². The summed E-state index contributed by atoms with van der Waals surface area (Å²) in [6, 6.07) is 23.1. The zero-order valence-electron chi connectivity index (χ0n) is 19.4. The first kappa shape index (κ1) is 22.8. The number of primary amides is 1. The number of nitrogens with zero attached hydrogens (tertiary/aromatic N) is 2. The molecule has 178 valence electrons. The molecule has 1 aliphatic heterocycles. The minimum atomic E-state index is -0.183. The van der Waals surface area contributed by atoms with Crippen molar-refractivity contribution in [3.63, 3.8) is 0 Å². The third-order valence-electron chi connectivity index (χ3n) is 6.69. The van der Waals surface area contributed by atoms with E-state index in [0.29, 0.717) is 16.8 Å². The van der Waals surface area contributed by atoms with Crippen LogP contribution >= 0.6 is 0 Å². The van der Waals surface area contributed by atoms with Crippen LogP contribution in [0, 0.1) is 5.92 Å². The van der Waals surface area contributed by atoms with Crippen molar-refractivity contribution in [1.82, 2.24) is 10.1 Å². The molecule has 35 heavy (non-hydrogen) atoms. The summed E-state index contributed by atoms with van der Waals surface area (Å²) in [5, 5.41) is 7.90. The van der Waals surface area contributed by atoms with Crippen LogP contribution in [-0.4, -0.2) is 41.5 Å². The fourth-order valence-electron chi connectivity index (χ4n) is 4.57. The number of carbonyl (C=O) groups is 2. The second-order valence-electron chi connectivity index (χ2n) is 9.03. The molecule has 1 saturated heterocycles. The van der Waals surface area contributed by atoms with E-state index < -0.39 is 0 Å². The summed E-state index contributed by atoms with van der Waals surface area (Å²) in [5.74, 6) is 0.306. The van der Waals surface area contributed by atoms with Crippen molar-refractivity contribution < 1.29 is 14.1 Å². The minimum Gasteiger partial charge on any atom is -0.369 e. The van der Waals surface area contributed by atoms with Gasteiger partial charge >= 0.3 is 0 Å². The molecule has 2 heterocycles. The summed E-state index contributed by atoms with van der Waals surface area (Å²) in [7, 11) is 0. The summed E-state index contributed by atoms with van der Waals surface area (Å²) in [5.41, 5.74) is 9.54. The molecule has 0 atom stereocenters. The van der Waals surface area contributed by atoms with Gasteiger partial charge in [-0.2, -0.15) is 0 Å². The fraction of sp³-hybridized carbons (Fsp3) is 0.250. The lowest BCUT2D eigenvalue weighted by Crippen LogP contribution is -2.39. The summed E-state index contributed by atoms with van der Waals surface area (Å²) in [6.07, 6.45) is 2.60. The van der Waals surface area contributed by atoms with Gasteiger partial charge in [-0.25, -0.2) is 0 Å². The molecule has 3 N–H and O–H groups in total. The Kier molecular flexibility index (Phi) is 6.59. The Balaban J connectivity index is 1.20. The lowest BCUT2D eigenvalue weighted by molar-refractivity contribution is -0.123. The number of anilines is 1. The highest BCUT2D eigenvalue weighted by atomic mass is 16.5. The molecule has 0 spiro atoms. The molecule has 7 heteroatoms. The third-order valence-corrected chi connectivity index (χ3v) is 6.69. The second-order valence-corrected chi connectivity index (χ2v) is 9.03. The molecule has 1 fully saturated rings. The summed E-state index contributed by atoms with van der Waals surface area (Å²) < 4.78 is 5.54. The molecule has 2 amide bonds. The first-order chi connectivity index (χ1) is 17.1. The van der Waals surface area contributed by atoms with Crippen molar-refractivity contribution in [3.8, 4) is 11.3 Å². The summed E-state index contributed by atoms with van der Waals surface area (Å²) in [4.78, 5) is 26.6. The number of fused-ring (bicyclic) bond motifs is 1. The highest BCUT2D eigenvalue weighted by Crippen LogP contribution is 2.29. The van der Waals surface area contributed by atoms with Crippen LogP contribution in [0.4, 0.5) is 5.69 Å². The largest absolute Gasteiger partial charge is 0.369 e. The van der Waals surface area contributed by atoms with Crippen LogP contribution in [0.25, 0.3) is 22.2 Å². The topological polar surface area (TPSA) is 101 Å². The van der Waals surface area contributed by atoms with E-state index in [-0.39, 0.29) is 17.7 Å². The van der Waals surface area contributed by atoms with Gasteiger partial charge in [0.25, 0.3) is 5.91 Å². The molecule has 0 radical (unpaired) electrons. The van der Waals surface area contributed by atoms with Crippen molar-refractivity contribution in [1.29, 1.82) is 0 Å². The maximum absolute atomic E-state index is 12.9. The first-order valence-corrected chi connectivity index (χ1v) is 11.9. The zero-order chi connectivity index (χ0) is 24.2. The molecule has 0 unspecified atom stereocenters. The minimum absolute atomic E-state index is 0.0181. The lowest BCUT2D eigenvalue weighted by atomic mass is 9.96. The Bertz CT molecular complexity index is 1320. The molecule has 0 bridgehead atoms. The Labute approximate surface area is 203 Å². The van der Waals surface area contributed by atoms with Crippen molar-refractivity contribution in [2.45, 2.75) is 19.3 Å². The smallest absolute Gasteiger partial charge is 0.255 e. The SMILES string of the molecule is NC(=O)C1CCN(CCc2ccc(NC(=O)c3ccc4noc(-c5ccccc5)c4c3)cc2)CC1. The molecular weight excluding hydrogens is 440 g/mol. The van der Waals surface area contributed by atoms with E-state index in [4.69, 9.17) is 10.3 Å². The lowest BCUT2D eigenvalue weighted by Gasteiger charge is -2.30. The third kappa shape index (κ3) is 5.25. The number of nitrogens with one attached hydrogen (secondary N) is 1. The van der Waals surface area contributed by atoms with Crippen LogP contribution in [0.3, 0.4) is 0 Å². The van der Waals surface area contributed by atoms with E-state index in [2.05, 4.69) is 15.4 Å². The predicted octanol–water partition coefficient (Wildman–Crippen LogP) is 4.49. The van der Waals surface area contributed by atoms with Crippen LogP contribution in [0.1, 0.15) is 28.8 Å². The molecule has 1 aromatic heterocycles. The fourth-order valence-corrected chi connectivity index (χ4v) is 4.57. The van der Waals surface area contributed by atoms with Gasteiger partial charge in [0.2, 0.25) is 5.91 Å². The molecule has 5 rings (SSSR count). The number of likely N-dealkylation sites (tertiary alicyclic amines) is 1. The quantitative estimate of drug-likeness (QED) is 0.416. The number of carbonyl (C=O) groups excluding carboxylic acids is 2. The van der Waals surface area contributed by atoms with E-state index in [9.17, 15) is 9.59 Å². The van der Waals surface area contributed by atoms with E-state index >= 15 is 0 Å². The number of aromatic nitrogens is 1. The normalized spacial score (nSPS) is 14.7. The van der Waals surface area contributed by atoms with Crippen LogP contribution in [0.5, 0.6) is 0 Å². The number of amides is 2. The maximum Gasteiger partial charge on any atom is 0.255 e. The zero-order valence-corrected chi connectivity index (χ0v) is 19.4. The van der Waals surface area contributed by atoms with E-state index in [1.807, 2.05) is 60.7 Å². The van der Waals surface area contributed by atoms with Gasteiger partial charge in [-0.15, -0.1) is 0 Å². The number of piperidine rings is 1. The number of nitrogens with two attached hydrogens (primary N) is 1. The van der Waals surface area contributed by atoms with Gasteiger partial charge < -0.3 is 20.5 Å². The van der Waals surface area contributed by atoms with Gasteiger partial charge in [0.15, 0.2) is 5.76 Å². The summed E-state index contributed by atoms with van der Waals surface area (Å²) in [6.45, 7) is 2.76. The molecular formula is C28H28N4O3. The van der Waals surface area contributed by atoms with Gasteiger partial charge in [-0.1, -0.05) is 47.6 Å². The molecule has 3 aromatic carbocycles. The predicted molar refractivity (Wildman–Crippen MR) is 136 cm³/mol. The molecule has 1 aliphatic rings. The molecule has 4 aromatic rings. The van der Waals surface area contributed by atoms with Crippen molar-refractivity contribution >= 4 is 28.4 Å². The number of hydrogen-bond donors (Lipinski definition) is 2. The van der Waals surface area contributed by atoms with Crippen molar-refractivity contribution in [2.75, 3.05) is 25.0 Å². The van der Waals surface area contributed by atoms with Crippen molar-refractivity contribution in [3.05, 3.63) is 83.9 Å². The second kappa shape index (κ2) is 10.1.